The number of hydrogen-bond donors (Lipinski definition) is 0. The molecule has 0 aliphatic carbocycles. The largest absolute Gasteiger partial charge is 0.460 e. The highest BCUT2D eigenvalue weighted by atomic mass is 16.3. The zero-order valence-corrected chi connectivity index (χ0v) is 11.1. The maximum atomic E-state index is 5.95. The van der Waals surface area contributed by atoms with Gasteiger partial charge in [0.2, 0.25) is 0 Å². The van der Waals surface area contributed by atoms with Crippen molar-refractivity contribution in [2.24, 2.45) is 0 Å². The quantitative estimate of drug-likeness (QED) is 0.789. The van der Waals surface area contributed by atoms with Crippen molar-refractivity contribution in [3.05, 3.63) is 35.6 Å². The number of furan rings is 1. The lowest BCUT2D eigenvalue weighted by Gasteiger charge is -2.17. The van der Waals surface area contributed by atoms with E-state index in [1.54, 1.807) is 0 Å². The minimum atomic E-state index is 0.966. The molecule has 2 nitrogen and oxygen atoms in total. The van der Waals surface area contributed by atoms with Crippen molar-refractivity contribution in [2.45, 2.75) is 39.2 Å². The average Bonchev–Trinajstić information content (AvgIpc) is 2.57. The summed E-state index contributed by atoms with van der Waals surface area (Å²) in [7, 11) is 0. The molecule has 0 N–H and O–H groups in total. The number of aryl methyl sites for hydroxylation is 1. The SMILES string of the molecule is Cc1ccc2cc(CN3CCCCCC3)oc2c1. The molecule has 2 aromatic rings. The van der Waals surface area contributed by atoms with Crippen LogP contribution in [0.1, 0.15) is 37.0 Å². The first-order chi connectivity index (χ1) is 8.81. The molecule has 0 bridgehead atoms. The van der Waals surface area contributed by atoms with Crippen LogP contribution < -0.4 is 0 Å². The summed E-state index contributed by atoms with van der Waals surface area (Å²) in [5, 5.41) is 1.23. The highest BCUT2D eigenvalue weighted by molar-refractivity contribution is 5.78. The van der Waals surface area contributed by atoms with Crippen molar-refractivity contribution in [2.75, 3.05) is 13.1 Å². The van der Waals surface area contributed by atoms with Crippen molar-refractivity contribution >= 4 is 11.0 Å². The molecule has 1 aliphatic rings. The standard InChI is InChI=1S/C16H21NO/c1-13-6-7-14-11-15(18-16(14)10-13)12-17-8-4-2-3-5-9-17/h6-7,10-11H,2-5,8-9,12H2,1H3. The van der Waals surface area contributed by atoms with Gasteiger partial charge in [-0.05, 0) is 50.6 Å². The van der Waals surface area contributed by atoms with Gasteiger partial charge in [-0.15, -0.1) is 0 Å². The van der Waals surface area contributed by atoms with Crippen LogP contribution in [-0.4, -0.2) is 18.0 Å². The topological polar surface area (TPSA) is 16.4 Å². The van der Waals surface area contributed by atoms with Crippen LogP contribution in [0, 0.1) is 6.92 Å². The summed E-state index contributed by atoms with van der Waals surface area (Å²) in [6.45, 7) is 5.51. The molecule has 0 atom stereocenters. The molecule has 18 heavy (non-hydrogen) atoms. The van der Waals surface area contributed by atoms with Gasteiger partial charge in [-0.2, -0.15) is 0 Å². The fraction of sp³-hybridized carbons (Fsp3) is 0.500. The van der Waals surface area contributed by atoms with E-state index in [1.807, 2.05) is 0 Å². The van der Waals surface area contributed by atoms with E-state index in [-0.39, 0.29) is 0 Å². The molecule has 0 radical (unpaired) electrons. The Kier molecular flexibility index (Phi) is 3.37. The lowest BCUT2D eigenvalue weighted by molar-refractivity contribution is 0.256. The number of benzene rings is 1. The number of hydrogen-bond acceptors (Lipinski definition) is 2. The Labute approximate surface area is 109 Å². The Bertz CT molecular complexity index is 521. The Hall–Kier alpha value is -1.28. The second-order valence-corrected chi connectivity index (χ2v) is 5.44. The lowest BCUT2D eigenvalue weighted by Crippen LogP contribution is -2.23. The van der Waals surface area contributed by atoms with E-state index in [1.165, 1.54) is 49.7 Å². The minimum Gasteiger partial charge on any atom is -0.460 e. The zero-order chi connectivity index (χ0) is 12.4. The summed E-state index contributed by atoms with van der Waals surface area (Å²) >= 11 is 0. The first-order valence-corrected chi connectivity index (χ1v) is 7.03. The average molecular weight is 243 g/mol. The summed E-state index contributed by atoms with van der Waals surface area (Å²) in [5.74, 6) is 1.11. The maximum absolute atomic E-state index is 5.95. The van der Waals surface area contributed by atoms with Gasteiger partial charge in [-0.3, -0.25) is 4.90 Å². The Morgan fingerprint density at radius 3 is 2.61 bits per heavy atom. The van der Waals surface area contributed by atoms with Gasteiger partial charge in [0.15, 0.2) is 0 Å². The zero-order valence-electron chi connectivity index (χ0n) is 11.1. The van der Waals surface area contributed by atoms with E-state index in [9.17, 15) is 0 Å². The Balaban J connectivity index is 1.77. The van der Waals surface area contributed by atoms with Gasteiger partial charge in [0.05, 0.1) is 6.54 Å². The molecule has 96 valence electrons. The van der Waals surface area contributed by atoms with Gasteiger partial charge in [-0.1, -0.05) is 25.0 Å². The molecule has 1 saturated heterocycles. The van der Waals surface area contributed by atoms with Crippen LogP contribution in [0.15, 0.2) is 28.7 Å². The van der Waals surface area contributed by atoms with Crippen LogP contribution >= 0.6 is 0 Å². The Morgan fingerprint density at radius 2 is 1.83 bits per heavy atom. The first-order valence-electron chi connectivity index (χ1n) is 7.03. The second-order valence-electron chi connectivity index (χ2n) is 5.44. The molecule has 0 saturated carbocycles. The molecule has 2 heterocycles. The van der Waals surface area contributed by atoms with Crippen molar-refractivity contribution in [3.63, 3.8) is 0 Å². The first kappa shape index (κ1) is 11.8. The summed E-state index contributed by atoms with van der Waals surface area (Å²) in [4.78, 5) is 2.53. The predicted molar refractivity (Wildman–Crippen MR) is 74.7 cm³/mol. The van der Waals surface area contributed by atoms with Gasteiger partial charge < -0.3 is 4.42 Å². The monoisotopic (exact) mass is 243 g/mol. The van der Waals surface area contributed by atoms with Gasteiger partial charge in [0, 0.05) is 5.39 Å². The third-order valence-electron chi connectivity index (χ3n) is 3.80. The summed E-state index contributed by atoms with van der Waals surface area (Å²) in [6.07, 6.45) is 5.43. The smallest absolute Gasteiger partial charge is 0.134 e. The van der Waals surface area contributed by atoms with Gasteiger partial charge in [0.1, 0.15) is 11.3 Å². The molecule has 2 heteroatoms. The third kappa shape index (κ3) is 2.59. The van der Waals surface area contributed by atoms with Crippen molar-refractivity contribution in [1.82, 2.24) is 4.90 Å². The molecular formula is C16H21NO. The number of likely N-dealkylation sites (tertiary alicyclic amines) is 1. The van der Waals surface area contributed by atoms with Gasteiger partial charge in [-0.25, -0.2) is 0 Å². The van der Waals surface area contributed by atoms with Crippen LogP contribution in [0.2, 0.25) is 0 Å². The molecule has 1 aliphatic heterocycles. The molecular weight excluding hydrogens is 222 g/mol. The van der Waals surface area contributed by atoms with E-state index >= 15 is 0 Å². The summed E-state index contributed by atoms with van der Waals surface area (Å²) < 4.78 is 5.95. The van der Waals surface area contributed by atoms with E-state index in [0.29, 0.717) is 0 Å². The third-order valence-corrected chi connectivity index (χ3v) is 3.80. The van der Waals surface area contributed by atoms with Crippen LogP contribution in [0.25, 0.3) is 11.0 Å². The van der Waals surface area contributed by atoms with Crippen molar-refractivity contribution in [1.29, 1.82) is 0 Å². The number of fused-ring (bicyclic) bond motifs is 1. The van der Waals surface area contributed by atoms with Crippen LogP contribution in [-0.2, 0) is 6.54 Å². The van der Waals surface area contributed by atoms with Crippen molar-refractivity contribution in [3.8, 4) is 0 Å². The van der Waals surface area contributed by atoms with Gasteiger partial charge in [0.25, 0.3) is 0 Å². The van der Waals surface area contributed by atoms with Crippen molar-refractivity contribution < 1.29 is 4.42 Å². The predicted octanol–water partition coefficient (Wildman–Crippen LogP) is 4.12. The Morgan fingerprint density at radius 1 is 1.06 bits per heavy atom. The van der Waals surface area contributed by atoms with Crippen LogP contribution in [0.4, 0.5) is 0 Å². The number of rotatable bonds is 2. The van der Waals surface area contributed by atoms with Crippen LogP contribution in [0.5, 0.6) is 0 Å². The maximum Gasteiger partial charge on any atom is 0.134 e. The fourth-order valence-corrected chi connectivity index (χ4v) is 2.79. The molecule has 1 aromatic carbocycles. The highest BCUT2D eigenvalue weighted by Crippen LogP contribution is 2.22. The molecule has 0 spiro atoms. The molecule has 3 rings (SSSR count). The molecule has 0 unspecified atom stereocenters. The highest BCUT2D eigenvalue weighted by Gasteiger charge is 2.12. The number of nitrogens with zero attached hydrogens (tertiary/aromatic N) is 1. The van der Waals surface area contributed by atoms with E-state index in [2.05, 4.69) is 36.1 Å². The van der Waals surface area contributed by atoms with E-state index < -0.39 is 0 Å². The molecule has 1 aromatic heterocycles. The lowest BCUT2D eigenvalue weighted by atomic mass is 10.2. The minimum absolute atomic E-state index is 0.966. The molecule has 0 amide bonds. The summed E-state index contributed by atoms with van der Waals surface area (Å²) in [5.41, 5.74) is 2.29. The summed E-state index contributed by atoms with van der Waals surface area (Å²) in [6, 6.07) is 8.62. The van der Waals surface area contributed by atoms with Crippen LogP contribution in [0.3, 0.4) is 0 Å². The second kappa shape index (κ2) is 5.15. The fourth-order valence-electron chi connectivity index (χ4n) is 2.79. The van der Waals surface area contributed by atoms with E-state index in [0.717, 1.165) is 17.9 Å². The van der Waals surface area contributed by atoms with Gasteiger partial charge >= 0.3 is 0 Å². The normalized spacial score (nSPS) is 18.1. The van der Waals surface area contributed by atoms with E-state index in [4.69, 9.17) is 4.42 Å². The molecule has 1 fully saturated rings.